The summed E-state index contributed by atoms with van der Waals surface area (Å²) >= 11 is 1.18. The number of thiocyanates is 1. The second kappa shape index (κ2) is 21.6. The van der Waals surface area contributed by atoms with Gasteiger partial charge in [-0.3, -0.25) is 0 Å². The molecule has 0 bridgehead atoms. The maximum absolute atomic E-state index is 11.7. The summed E-state index contributed by atoms with van der Waals surface area (Å²) < 4.78 is 31.1. The Hall–Kier alpha value is -4.37. The van der Waals surface area contributed by atoms with E-state index in [0.717, 1.165) is 87.3 Å². The first-order valence-corrected chi connectivity index (χ1v) is 20.2. The van der Waals surface area contributed by atoms with Gasteiger partial charge in [-0.2, -0.15) is 5.26 Å². The van der Waals surface area contributed by atoms with E-state index in [1.54, 1.807) is 14.2 Å². The molecule has 0 unspecified atom stereocenters. The highest BCUT2D eigenvalue weighted by atomic mass is 32.2. The number of aromatic hydroxyl groups is 1. The lowest BCUT2D eigenvalue weighted by Crippen LogP contribution is -2.36. The number of rotatable bonds is 22. The van der Waals surface area contributed by atoms with Gasteiger partial charge >= 0.3 is 0 Å². The van der Waals surface area contributed by atoms with Gasteiger partial charge in [0.05, 0.1) is 32.5 Å². The minimum atomic E-state index is 0.267. The number of hydrogen-bond acceptors (Lipinski definition) is 9. The number of hydrogen-bond donors (Lipinski definition) is 1. The zero-order valence-corrected chi connectivity index (χ0v) is 33.8. The Morgan fingerprint density at radius 2 is 1.49 bits per heavy atom. The number of thioether (sulfide) groups is 1. The summed E-state index contributed by atoms with van der Waals surface area (Å²) in [5.41, 5.74) is 6.82. The molecule has 292 valence electrons. The van der Waals surface area contributed by atoms with Crippen LogP contribution < -0.4 is 14.8 Å². The number of ether oxygens (including phenoxy) is 4. The molecule has 0 spiro atoms. The monoisotopic (exact) mass is 766 g/mol. The zero-order valence-electron chi connectivity index (χ0n) is 33.0. The first-order valence-electron chi connectivity index (χ1n) is 19.4. The van der Waals surface area contributed by atoms with Crippen molar-refractivity contribution in [2.75, 3.05) is 84.9 Å². The molecule has 0 amide bonds. The molecule has 9 nitrogen and oxygen atoms in total. The molecule has 3 aromatic rings. The van der Waals surface area contributed by atoms with Gasteiger partial charge in [-0.05, 0) is 91.4 Å². The van der Waals surface area contributed by atoms with Gasteiger partial charge in [-0.1, -0.05) is 38.1 Å². The van der Waals surface area contributed by atoms with Gasteiger partial charge in [-0.15, -0.1) is 0 Å². The predicted octanol–water partition coefficient (Wildman–Crippen LogP) is 8.55. The fraction of sp³-hybridized carbons (Fsp3) is 0.422. The molecule has 1 aliphatic heterocycles. The standard InChI is InChI=1S/C45H55N3O6S/c1-6-34(7-2)35-11-16-39(42(49)29-35)45-40-17-12-36(47(8-3)20-19-33-9-14-38(15-10-33)55-32-46)30-43(40)54-44-31-37(13-18-41(44)45)48(21-23-52-27-25-50-4)22-24-53-28-26-51-5/h9-18,29-31,34H,6-8,19-28H2,1-5H3/p+1. The second-order valence-corrected chi connectivity index (χ2v) is 14.4. The molecule has 0 atom stereocenters. The molecular weight excluding hydrogens is 711 g/mol. The second-order valence-electron chi connectivity index (χ2n) is 13.5. The van der Waals surface area contributed by atoms with Gasteiger partial charge in [0.2, 0.25) is 5.36 Å². The number of methoxy groups -OCH3 is 2. The summed E-state index contributed by atoms with van der Waals surface area (Å²) in [7, 11) is 3.35. The van der Waals surface area contributed by atoms with E-state index in [-0.39, 0.29) is 5.75 Å². The molecule has 0 fully saturated rings. The summed E-state index contributed by atoms with van der Waals surface area (Å²) in [5.74, 6) is 1.38. The van der Waals surface area contributed by atoms with Crippen molar-refractivity contribution >= 4 is 28.4 Å². The summed E-state index contributed by atoms with van der Waals surface area (Å²) in [6.07, 6.45) is 2.90. The van der Waals surface area contributed by atoms with Crippen molar-refractivity contribution in [3.63, 3.8) is 0 Å². The minimum absolute atomic E-state index is 0.267. The lowest BCUT2D eigenvalue weighted by molar-refractivity contribution is 0.0602. The number of anilines is 1. The van der Waals surface area contributed by atoms with Crippen LogP contribution in [0.5, 0.6) is 5.75 Å². The smallest absolute Gasteiger partial charge is 0.203 e. The number of nitriles is 1. The van der Waals surface area contributed by atoms with Crippen LogP contribution in [0.1, 0.15) is 50.7 Å². The molecule has 1 heterocycles. The maximum Gasteiger partial charge on any atom is 0.203 e. The topological polar surface area (TPSA) is 100 Å². The Morgan fingerprint density at radius 3 is 2.11 bits per heavy atom. The van der Waals surface area contributed by atoms with E-state index in [4.69, 9.17) is 28.6 Å². The van der Waals surface area contributed by atoms with E-state index >= 15 is 0 Å². The van der Waals surface area contributed by atoms with Gasteiger partial charge in [0, 0.05) is 72.1 Å². The van der Waals surface area contributed by atoms with Crippen molar-refractivity contribution in [1.82, 2.24) is 4.58 Å². The van der Waals surface area contributed by atoms with Crippen molar-refractivity contribution in [3.05, 3.63) is 95.3 Å². The third kappa shape index (κ3) is 11.1. The van der Waals surface area contributed by atoms with Crippen LogP contribution in [-0.2, 0) is 25.4 Å². The van der Waals surface area contributed by atoms with Gasteiger partial charge in [-0.25, -0.2) is 4.58 Å². The van der Waals surface area contributed by atoms with Crippen molar-refractivity contribution in [2.24, 2.45) is 0 Å². The van der Waals surface area contributed by atoms with E-state index in [1.165, 1.54) is 17.3 Å². The van der Waals surface area contributed by atoms with Crippen LogP contribution in [0.2, 0.25) is 0 Å². The van der Waals surface area contributed by atoms with Crippen LogP contribution in [0.15, 0.2) is 88.2 Å². The van der Waals surface area contributed by atoms with Crippen molar-refractivity contribution in [1.29, 1.82) is 5.26 Å². The molecule has 2 aliphatic rings. The summed E-state index contributed by atoms with van der Waals surface area (Å²) in [4.78, 5) is 3.30. The Labute approximate surface area is 330 Å². The van der Waals surface area contributed by atoms with Crippen molar-refractivity contribution < 1.29 is 28.5 Å². The molecule has 55 heavy (non-hydrogen) atoms. The molecule has 1 aliphatic carbocycles. The lowest BCUT2D eigenvalue weighted by Gasteiger charge is -2.24. The van der Waals surface area contributed by atoms with Gasteiger partial charge in [0.15, 0.2) is 13.1 Å². The number of benzene rings is 4. The van der Waals surface area contributed by atoms with Crippen LogP contribution in [-0.4, -0.2) is 85.1 Å². The third-order valence-corrected chi connectivity index (χ3v) is 10.8. The van der Waals surface area contributed by atoms with Crippen LogP contribution >= 0.6 is 11.8 Å². The molecule has 3 aromatic carbocycles. The fourth-order valence-electron chi connectivity index (χ4n) is 7.04. The highest BCUT2D eigenvalue weighted by molar-refractivity contribution is 8.03. The first kappa shape index (κ1) is 41.8. The Kier molecular flexibility index (Phi) is 16.4. The average Bonchev–Trinajstić information content (AvgIpc) is 3.20. The molecule has 0 saturated carbocycles. The lowest BCUT2D eigenvalue weighted by atomic mass is 9.89. The molecule has 10 heteroatoms. The number of phenols is 1. The first-order chi connectivity index (χ1) is 26.9. The number of nitrogens with zero attached hydrogens (tertiary/aromatic N) is 3. The molecular formula is C45H56N3O6S+. The van der Waals surface area contributed by atoms with Crippen LogP contribution in [0.3, 0.4) is 0 Å². The molecule has 0 aromatic heterocycles. The van der Waals surface area contributed by atoms with E-state index in [0.29, 0.717) is 58.6 Å². The van der Waals surface area contributed by atoms with E-state index in [9.17, 15) is 5.11 Å². The third-order valence-electron chi connectivity index (χ3n) is 10.2. The molecule has 0 saturated heterocycles. The molecule has 1 N–H and O–H groups in total. The molecule has 0 radical (unpaired) electrons. The van der Waals surface area contributed by atoms with Gasteiger partial charge in [0.25, 0.3) is 0 Å². The molecule has 5 rings (SSSR count). The van der Waals surface area contributed by atoms with Crippen LogP contribution in [0.25, 0.3) is 33.4 Å². The summed E-state index contributed by atoms with van der Waals surface area (Å²) in [6, 6.07) is 27.1. The van der Waals surface area contributed by atoms with E-state index < -0.39 is 0 Å². The van der Waals surface area contributed by atoms with Crippen LogP contribution in [0.4, 0.5) is 5.69 Å². The number of phenolic OH excluding ortho intramolecular Hbond substituents is 1. The van der Waals surface area contributed by atoms with Gasteiger partial charge < -0.3 is 33.4 Å². The number of likely N-dealkylation sites (N-methyl/N-ethyl adjacent to an activating group) is 1. The number of fused-ring (bicyclic) bond motifs is 2. The zero-order chi connectivity index (χ0) is 39.0. The van der Waals surface area contributed by atoms with Crippen LogP contribution in [0, 0.1) is 10.7 Å². The Balaban J connectivity index is 1.60. The highest BCUT2D eigenvalue weighted by Crippen LogP contribution is 2.44. The average molecular weight is 767 g/mol. The maximum atomic E-state index is 11.7. The van der Waals surface area contributed by atoms with Gasteiger partial charge in [0.1, 0.15) is 35.7 Å². The van der Waals surface area contributed by atoms with E-state index in [1.807, 2.05) is 18.2 Å². The Morgan fingerprint density at radius 1 is 0.800 bits per heavy atom. The predicted molar refractivity (Wildman–Crippen MR) is 223 cm³/mol. The van der Waals surface area contributed by atoms with Crippen molar-refractivity contribution in [2.45, 2.75) is 50.8 Å². The highest BCUT2D eigenvalue weighted by Gasteiger charge is 2.22. The quantitative estimate of drug-likeness (QED) is 0.0244. The summed E-state index contributed by atoms with van der Waals surface area (Å²) in [5, 5.41) is 24.7. The van der Waals surface area contributed by atoms with Crippen molar-refractivity contribution in [3.8, 4) is 33.6 Å². The largest absolute Gasteiger partial charge is 0.507 e. The SMILES string of the molecule is CCC(CC)c1ccc(-c2c3ccc(=[N+](CCOCCOC)CCOCCOC)cc-3oc3cc(N(CC)CCc4ccc(SC#N)cc4)ccc23)c(O)c1. The minimum Gasteiger partial charge on any atom is -0.507 e. The van der Waals surface area contributed by atoms with E-state index in [2.05, 4.69) is 96.3 Å². The summed E-state index contributed by atoms with van der Waals surface area (Å²) in [6.45, 7) is 12.8. The Bertz CT molecular complexity index is 2020. The fourth-order valence-corrected chi connectivity index (χ4v) is 7.42. The normalized spacial score (nSPS) is 11.4.